The first-order valence-electron chi connectivity index (χ1n) is 5.48. The van der Waals surface area contributed by atoms with E-state index >= 15 is 0 Å². The second-order valence-electron chi connectivity index (χ2n) is 4.22. The number of carboxylic acid groups (broad SMARTS) is 1. The zero-order valence-electron chi connectivity index (χ0n) is 9.60. The summed E-state index contributed by atoms with van der Waals surface area (Å²) in [5, 5.41) is 13.6. The monoisotopic (exact) mass is 243 g/mol. The van der Waals surface area contributed by atoms with E-state index in [0.29, 0.717) is 0 Å². The summed E-state index contributed by atoms with van der Waals surface area (Å²) in [6.07, 6.45) is 1.47. The largest absolute Gasteiger partial charge is 0.481 e. The van der Waals surface area contributed by atoms with Crippen molar-refractivity contribution in [1.29, 1.82) is 0 Å². The molecule has 2 atom stereocenters. The van der Waals surface area contributed by atoms with Crippen molar-refractivity contribution in [2.24, 2.45) is 5.73 Å². The van der Waals surface area contributed by atoms with Crippen LogP contribution in [0.5, 0.6) is 0 Å². The third-order valence-corrected chi connectivity index (χ3v) is 2.41. The highest BCUT2D eigenvalue weighted by Crippen LogP contribution is 2.18. The van der Waals surface area contributed by atoms with Crippen molar-refractivity contribution in [2.75, 3.05) is 0 Å². The third kappa shape index (κ3) is 4.81. The second-order valence-corrected chi connectivity index (χ2v) is 4.22. The molecule has 0 aromatic carbocycles. The molecule has 96 valence electrons. The number of rotatable bonds is 6. The zero-order valence-corrected chi connectivity index (χ0v) is 9.60. The number of amides is 2. The average molecular weight is 243 g/mol. The highest BCUT2D eigenvalue weighted by molar-refractivity contribution is 5.91. The van der Waals surface area contributed by atoms with Gasteiger partial charge in [0, 0.05) is 6.04 Å². The summed E-state index contributed by atoms with van der Waals surface area (Å²) in [6, 6.07) is -1.62. The van der Waals surface area contributed by atoms with Gasteiger partial charge in [-0.2, -0.15) is 0 Å². The van der Waals surface area contributed by atoms with Gasteiger partial charge in [-0.05, 0) is 19.8 Å². The standard InChI is InChI=1S/C10H17N3O4/c1-5(9(16)13-6-2-3-6)12-10(17)7(11)4-8(14)15/h5-7H,2-4,11H2,1H3,(H,12,17)(H,13,16)(H,14,15)/t5-,7+/m1/s1. The topological polar surface area (TPSA) is 122 Å². The SMILES string of the molecule is C[C@@H](NC(=O)[C@@H](N)CC(=O)O)C(=O)NC1CC1. The van der Waals surface area contributed by atoms with Crippen molar-refractivity contribution >= 4 is 17.8 Å². The minimum Gasteiger partial charge on any atom is -0.481 e. The van der Waals surface area contributed by atoms with Gasteiger partial charge in [0.1, 0.15) is 6.04 Å². The smallest absolute Gasteiger partial charge is 0.305 e. The lowest BCUT2D eigenvalue weighted by Gasteiger charge is -2.16. The van der Waals surface area contributed by atoms with E-state index in [2.05, 4.69) is 10.6 Å². The number of carbonyl (C=O) groups is 3. The van der Waals surface area contributed by atoms with Crippen molar-refractivity contribution in [2.45, 2.75) is 44.3 Å². The van der Waals surface area contributed by atoms with Gasteiger partial charge in [0.05, 0.1) is 12.5 Å². The Morgan fingerprint density at radius 3 is 2.41 bits per heavy atom. The lowest BCUT2D eigenvalue weighted by molar-refractivity contribution is -0.139. The fourth-order valence-corrected chi connectivity index (χ4v) is 1.22. The zero-order chi connectivity index (χ0) is 13.0. The number of aliphatic carboxylic acids is 1. The van der Waals surface area contributed by atoms with Crippen LogP contribution in [-0.4, -0.2) is 41.0 Å². The summed E-state index contributed by atoms with van der Waals surface area (Å²) in [7, 11) is 0. The van der Waals surface area contributed by atoms with E-state index < -0.39 is 30.4 Å². The molecule has 7 nitrogen and oxygen atoms in total. The van der Waals surface area contributed by atoms with Crippen LogP contribution in [-0.2, 0) is 14.4 Å². The van der Waals surface area contributed by atoms with Crippen LogP contribution in [0.3, 0.4) is 0 Å². The van der Waals surface area contributed by atoms with E-state index in [1.807, 2.05) is 0 Å². The highest BCUT2D eigenvalue weighted by atomic mass is 16.4. The van der Waals surface area contributed by atoms with Gasteiger partial charge in [0.15, 0.2) is 0 Å². The van der Waals surface area contributed by atoms with Gasteiger partial charge in [-0.3, -0.25) is 14.4 Å². The Labute approximate surface area is 98.7 Å². The average Bonchev–Trinajstić information content (AvgIpc) is 3.00. The number of nitrogens with two attached hydrogens (primary N) is 1. The number of hydrogen-bond acceptors (Lipinski definition) is 4. The Morgan fingerprint density at radius 2 is 1.94 bits per heavy atom. The van der Waals surface area contributed by atoms with Crippen LogP contribution >= 0.6 is 0 Å². The molecule has 1 aliphatic rings. The molecule has 0 spiro atoms. The Balaban J connectivity index is 2.32. The maximum Gasteiger partial charge on any atom is 0.305 e. The molecule has 5 N–H and O–H groups in total. The van der Waals surface area contributed by atoms with Crippen LogP contribution in [0.25, 0.3) is 0 Å². The first-order valence-corrected chi connectivity index (χ1v) is 5.48. The predicted octanol–water partition coefficient (Wildman–Crippen LogP) is -1.43. The van der Waals surface area contributed by atoms with Gasteiger partial charge in [-0.1, -0.05) is 0 Å². The molecule has 0 unspecified atom stereocenters. The van der Waals surface area contributed by atoms with E-state index in [-0.39, 0.29) is 11.9 Å². The molecule has 1 aliphatic carbocycles. The Kier molecular flexibility index (Phi) is 4.45. The molecular formula is C10H17N3O4. The first-order chi connectivity index (χ1) is 7.90. The van der Waals surface area contributed by atoms with Crippen molar-refractivity contribution < 1.29 is 19.5 Å². The van der Waals surface area contributed by atoms with Gasteiger partial charge in [0.2, 0.25) is 11.8 Å². The highest BCUT2D eigenvalue weighted by Gasteiger charge is 2.27. The lowest BCUT2D eigenvalue weighted by Crippen LogP contribution is -2.51. The maximum absolute atomic E-state index is 11.5. The molecule has 0 radical (unpaired) electrons. The van der Waals surface area contributed by atoms with Crippen LogP contribution in [0, 0.1) is 0 Å². The maximum atomic E-state index is 11.5. The van der Waals surface area contributed by atoms with Gasteiger partial charge in [0.25, 0.3) is 0 Å². The van der Waals surface area contributed by atoms with E-state index in [9.17, 15) is 14.4 Å². The number of carbonyl (C=O) groups excluding carboxylic acids is 2. The predicted molar refractivity (Wildman–Crippen MR) is 59.0 cm³/mol. The van der Waals surface area contributed by atoms with Crippen LogP contribution in [0.15, 0.2) is 0 Å². The molecular weight excluding hydrogens is 226 g/mol. The van der Waals surface area contributed by atoms with Gasteiger partial charge in [-0.15, -0.1) is 0 Å². The van der Waals surface area contributed by atoms with Gasteiger partial charge >= 0.3 is 5.97 Å². The summed E-state index contributed by atoms with van der Waals surface area (Å²) >= 11 is 0. The van der Waals surface area contributed by atoms with Crippen LogP contribution in [0.2, 0.25) is 0 Å². The first kappa shape index (κ1) is 13.4. The molecule has 2 amide bonds. The molecule has 0 saturated heterocycles. The summed E-state index contributed by atoms with van der Waals surface area (Å²) in [6.45, 7) is 1.53. The summed E-state index contributed by atoms with van der Waals surface area (Å²) in [5.41, 5.74) is 5.36. The molecule has 0 heterocycles. The third-order valence-electron chi connectivity index (χ3n) is 2.41. The lowest BCUT2D eigenvalue weighted by atomic mass is 10.2. The van der Waals surface area contributed by atoms with E-state index in [1.165, 1.54) is 6.92 Å². The molecule has 1 saturated carbocycles. The summed E-state index contributed by atoms with van der Waals surface area (Å²) in [4.78, 5) is 33.3. The minimum absolute atomic E-state index is 0.217. The fraction of sp³-hybridized carbons (Fsp3) is 0.700. The minimum atomic E-state index is -1.15. The van der Waals surface area contributed by atoms with Gasteiger partial charge < -0.3 is 21.5 Å². The molecule has 0 bridgehead atoms. The van der Waals surface area contributed by atoms with Crippen LogP contribution in [0.1, 0.15) is 26.2 Å². The fourth-order valence-electron chi connectivity index (χ4n) is 1.22. The van der Waals surface area contributed by atoms with E-state index in [1.54, 1.807) is 0 Å². The summed E-state index contributed by atoms with van der Waals surface area (Å²) in [5.74, 6) is -2.06. The van der Waals surface area contributed by atoms with E-state index in [0.717, 1.165) is 12.8 Å². The molecule has 0 aromatic rings. The quantitative estimate of drug-likeness (QED) is 0.455. The molecule has 17 heavy (non-hydrogen) atoms. The Morgan fingerprint density at radius 1 is 1.35 bits per heavy atom. The Bertz CT molecular complexity index is 328. The number of hydrogen-bond donors (Lipinski definition) is 4. The number of carboxylic acids is 1. The number of nitrogens with one attached hydrogen (secondary N) is 2. The van der Waals surface area contributed by atoms with Crippen molar-refractivity contribution in [3.63, 3.8) is 0 Å². The molecule has 0 aromatic heterocycles. The molecule has 0 aliphatic heterocycles. The van der Waals surface area contributed by atoms with Crippen LogP contribution in [0.4, 0.5) is 0 Å². The second kappa shape index (κ2) is 5.62. The normalized spacial score (nSPS) is 18.0. The van der Waals surface area contributed by atoms with E-state index in [4.69, 9.17) is 10.8 Å². The van der Waals surface area contributed by atoms with Crippen molar-refractivity contribution in [3.05, 3.63) is 0 Å². The summed E-state index contributed by atoms with van der Waals surface area (Å²) < 4.78 is 0. The van der Waals surface area contributed by atoms with Crippen LogP contribution < -0.4 is 16.4 Å². The van der Waals surface area contributed by atoms with Gasteiger partial charge in [-0.25, -0.2) is 0 Å². The molecule has 7 heteroatoms. The van der Waals surface area contributed by atoms with Crippen molar-refractivity contribution in [3.8, 4) is 0 Å². The molecule has 1 fully saturated rings. The molecule has 1 rings (SSSR count). The Hall–Kier alpha value is -1.63. The van der Waals surface area contributed by atoms with Crippen molar-refractivity contribution in [1.82, 2.24) is 10.6 Å².